The van der Waals surface area contributed by atoms with Gasteiger partial charge in [-0.05, 0) is 26.0 Å². The molecule has 0 saturated heterocycles. The van der Waals surface area contributed by atoms with E-state index >= 15 is 0 Å². The average molecular weight is 407 g/mol. The third kappa shape index (κ3) is 3.33. The van der Waals surface area contributed by atoms with E-state index in [0.29, 0.717) is 0 Å². The Morgan fingerprint density at radius 1 is 1.30 bits per heavy atom. The Kier molecular flexibility index (Phi) is 5.53. The monoisotopic (exact) mass is 407 g/mol. The number of aromatic nitrogens is 2. The molecule has 0 saturated carbocycles. The predicted molar refractivity (Wildman–Crippen MR) is 99.9 cm³/mol. The van der Waals surface area contributed by atoms with E-state index in [9.17, 15) is 19.0 Å². The highest BCUT2D eigenvalue weighted by Crippen LogP contribution is 2.47. The first kappa shape index (κ1) is 19.4. The van der Waals surface area contributed by atoms with Crippen LogP contribution in [0.25, 0.3) is 16.2 Å². The summed E-state index contributed by atoms with van der Waals surface area (Å²) in [7, 11) is -3.77. The molecule has 0 radical (unpaired) electrons. The van der Waals surface area contributed by atoms with Crippen LogP contribution in [0.1, 0.15) is 19.4 Å². The zero-order valence-corrected chi connectivity index (χ0v) is 16.2. The van der Waals surface area contributed by atoms with Crippen molar-refractivity contribution in [3.63, 3.8) is 0 Å². The van der Waals surface area contributed by atoms with Gasteiger partial charge in [-0.2, -0.15) is 5.26 Å². The molecule has 0 aliphatic carbocycles. The summed E-state index contributed by atoms with van der Waals surface area (Å²) in [6, 6.07) is 7.53. The van der Waals surface area contributed by atoms with Crippen LogP contribution < -0.4 is 11.0 Å². The summed E-state index contributed by atoms with van der Waals surface area (Å²) in [5.41, 5.74) is -1.12. The molecule has 0 atom stereocenters. The lowest BCUT2D eigenvalue weighted by atomic mass is 10.1. The summed E-state index contributed by atoms with van der Waals surface area (Å²) in [5.74, 6) is -0.601. The Morgan fingerprint density at radius 2 is 1.96 bits per heavy atom. The molecule has 2 heterocycles. The van der Waals surface area contributed by atoms with E-state index < -0.39 is 19.0 Å². The fourth-order valence-electron chi connectivity index (χ4n) is 2.59. The molecule has 27 heavy (non-hydrogen) atoms. The lowest BCUT2D eigenvalue weighted by Gasteiger charge is -2.16. The molecular weight excluding hydrogens is 392 g/mol. The van der Waals surface area contributed by atoms with Crippen LogP contribution in [0, 0.1) is 17.1 Å². The summed E-state index contributed by atoms with van der Waals surface area (Å²) in [4.78, 5) is 17.4. The summed E-state index contributed by atoms with van der Waals surface area (Å²) in [5, 5.41) is 10.9. The van der Waals surface area contributed by atoms with Crippen molar-refractivity contribution in [3.8, 4) is 17.3 Å². The first-order valence-corrected chi connectivity index (χ1v) is 10.5. The third-order valence-corrected chi connectivity index (χ3v) is 6.76. The molecule has 2 aromatic heterocycles. The van der Waals surface area contributed by atoms with E-state index in [1.807, 2.05) is 0 Å². The van der Waals surface area contributed by atoms with E-state index in [1.165, 1.54) is 23.6 Å². The Hall–Kier alpha value is -2.37. The Balaban J connectivity index is 2.34. The lowest BCUT2D eigenvalue weighted by molar-refractivity contribution is 0.229. The normalized spacial score (nSPS) is 11.6. The highest BCUT2D eigenvalue weighted by molar-refractivity contribution is 7.62. The first-order chi connectivity index (χ1) is 13.0. The fraction of sp³-hybridized carbons (Fsp3) is 0.235. The zero-order chi connectivity index (χ0) is 19.6. The van der Waals surface area contributed by atoms with Crippen molar-refractivity contribution >= 4 is 29.3 Å². The zero-order valence-electron chi connectivity index (χ0n) is 14.5. The second kappa shape index (κ2) is 7.71. The molecule has 1 aromatic carbocycles. The van der Waals surface area contributed by atoms with Crippen molar-refractivity contribution in [3.05, 3.63) is 51.4 Å². The molecule has 3 rings (SSSR count). The number of halogens is 1. The van der Waals surface area contributed by atoms with E-state index in [1.54, 1.807) is 26.0 Å². The Bertz CT molecular complexity index is 1140. The van der Waals surface area contributed by atoms with Gasteiger partial charge in [-0.25, -0.2) is 13.8 Å². The van der Waals surface area contributed by atoms with Gasteiger partial charge >= 0.3 is 7.60 Å². The van der Waals surface area contributed by atoms with Crippen LogP contribution in [0.2, 0.25) is 0 Å². The minimum Gasteiger partial charge on any atom is -0.304 e. The standard InChI is InChI=1S/C17H15FN3O4PS/c1-3-24-26(23,25-4-2)14-10-27-17-20-15(11-7-5-6-8-13(11)18)12(9-19)16(22)21(14)17/h5-8,10H,3-4H2,1-2H3. The molecule has 0 fully saturated rings. The predicted octanol–water partition coefficient (Wildman–Crippen LogP) is 3.33. The molecule has 0 bridgehead atoms. The largest absolute Gasteiger partial charge is 0.378 e. The lowest BCUT2D eigenvalue weighted by Crippen LogP contribution is -2.28. The minimum atomic E-state index is -3.77. The molecule has 0 spiro atoms. The number of rotatable bonds is 6. The molecule has 10 heteroatoms. The number of nitrogens with zero attached hydrogens (tertiary/aromatic N) is 3. The van der Waals surface area contributed by atoms with Crippen LogP contribution in [0.15, 0.2) is 34.4 Å². The molecule has 0 aliphatic heterocycles. The molecule has 140 valence electrons. The van der Waals surface area contributed by atoms with Gasteiger partial charge in [0, 0.05) is 10.9 Å². The Morgan fingerprint density at radius 3 is 2.56 bits per heavy atom. The van der Waals surface area contributed by atoms with Crippen LogP contribution in [0.5, 0.6) is 0 Å². The summed E-state index contributed by atoms with van der Waals surface area (Å²) in [6.07, 6.45) is 0. The van der Waals surface area contributed by atoms with Crippen LogP contribution in [-0.4, -0.2) is 22.6 Å². The number of benzene rings is 1. The van der Waals surface area contributed by atoms with E-state index in [-0.39, 0.29) is 40.4 Å². The van der Waals surface area contributed by atoms with Crippen LogP contribution in [-0.2, 0) is 13.6 Å². The van der Waals surface area contributed by atoms with E-state index in [0.717, 1.165) is 15.7 Å². The van der Waals surface area contributed by atoms with Gasteiger partial charge in [-0.1, -0.05) is 12.1 Å². The highest BCUT2D eigenvalue weighted by Gasteiger charge is 2.33. The van der Waals surface area contributed by atoms with Crippen LogP contribution in [0.3, 0.4) is 0 Å². The number of hydrogen-bond acceptors (Lipinski definition) is 7. The van der Waals surface area contributed by atoms with Gasteiger partial charge in [0.15, 0.2) is 10.4 Å². The fourth-order valence-corrected chi connectivity index (χ4v) is 5.52. The maximum absolute atomic E-state index is 14.2. The maximum Gasteiger partial charge on any atom is 0.378 e. The first-order valence-electron chi connectivity index (χ1n) is 8.05. The van der Waals surface area contributed by atoms with Gasteiger partial charge < -0.3 is 9.05 Å². The van der Waals surface area contributed by atoms with Crippen molar-refractivity contribution < 1.29 is 18.0 Å². The molecule has 3 aromatic rings. The second-order valence-corrected chi connectivity index (χ2v) is 8.08. The van der Waals surface area contributed by atoms with E-state index in [2.05, 4.69) is 4.98 Å². The molecule has 0 N–H and O–H groups in total. The molecule has 7 nitrogen and oxygen atoms in total. The third-order valence-electron chi connectivity index (χ3n) is 3.67. The number of hydrogen-bond donors (Lipinski definition) is 0. The maximum atomic E-state index is 14.2. The molecule has 0 aliphatic rings. The Labute approximate surface area is 158 Å². The van der Waals surface area contributed by atoms with Crippen molar-refractivity contribution in [2.24, 2.45) is 0 Å². The van der Waals surface area contributed by atoms with Gasteiger partial charge in [0.05, 0.1) is 18.9 Å². The second-order valence-electron chi connectivity index (χ2n) is 5.28. The van der Waals surface area contributed by atoms with E-state index in [4.69, 9.17) is 9.05 Å². The van der Waals surface area contributed by atoms with Crippen molar-refractivity contribution in [1.29, 1.82) is 5.26 Å². The smallest absolute Gasteiger partial charge is 0.304 e. The SMILES string of the molecule is CCOP(=O)(OCC)c1csc2nc(-c3ccccc3F)c(C#N)c(=O)n12. The number of nitriles is 1. The van der Waals surface area contributed by atoms with Crippen molar-refractivity contribution in [2.45, 2.75) is 13.8 Å². The molecule has 0 amide bonds. The van der Waals surface area contributed by atoms with Crippen molar-refractivity contribution in [2.75, 3.05) is 13.2 Å². The molecular formula is C17H15FN3O4PS. The number of thiazole rings is 1. The highest BCUT2D eigenvalue weighted by atomic mass is 32.1. The van der Waals surface area contributed by atoms with Gasteiger partial charge in [0.1, 0.15) is 17.4 Å². The number of fused-ring (bicyclic) bond motifs is 1. The van der Waals surface area contributed by atoms with Crippen LogP contribution >= 0.6 is 18.9 Å². The van der Waals surface area contributed by atoms with Crippen LogP contribution in [0.4, 0.5) is 4.39 Å². The minimum absolute atomic E-state index is 0.000263. The van der Waals surface area contributed by atoms with Gasteiger partial charge in [-0.15, -0.1) is 11.3 Å². The molecule has 0 unspecified atom stereocenters. The van der Waals surface area contributed by atoms with Gasteiger partial charge in [0.2, 0.25) is 0 Å². The summed E-state index contributed by atoms with van der Waals surface area (Å²) >= 11 is 1.03. The topological polar surface area (TPSA) is 93.7 Å². The van der Waals surface area contributed by atoms with Gasteiger partial charge in [-0.3, -0.25) is 9.36 Å². The average Bonchev–Trinajstić information content (AvgIpc) is 3.07. The van der Waals surface area contributed by atoms with Gasteiger partial charge in [0.25, 0.3) is 5.56 Å². The van der Waals surface area contributed by atoms with Crippen molar-refractivity contribution in [1.82, 2.24) is 9.38 Å². The quantitative estimate of drug-likeness (QED) is 0.582. The summed E-state index contributed by atoms with van der Waals surface area (Å²) in [6.45, 7) is 3.51. The summed E-state index contributed by atoms with van der Waals surface area (Å²) < 4.78 is 38.9.